The van der Waals surface area contributed by atoms with Gasteiger partial charge in [0.1, 0.15) is 57.8 Å². The molecule has 0 spiro atoms. The standard InChI is InChI=1S/C26H14F8N2O2/c27-17-7-15(8-18(28)16(17)10-36)38-26(33,34)25-21(31)5-14(6-22(25)32)24-19(29)3-13(4-20(24)30)23-2-1-12(9-35)11-37-23/h3-8,12,23H,1-2,11H2. The molecular formula is C26H14F8N2O2. The van der Waals surface area contributed by atoms with Crippen LogP contribution in [0.2, 0.25) is 0 Å². The fourth-order valence-corrected chi connectivity index (χ4v) is 4.08. The Morgan fingerprint density at radius 2 is 1.37 bits per heavy atom. The lowest BCUT2D eigenvalue weighted by Crippen LogP contribution is -2.25. The Morgan fingerprint density at radius 3 is 1.84 bits per heavy atom. The average Bonchev–Trinajstić information content (AvgIpc) is 2.82. The topological polar surface area (TPSA) is 66.0 Å². The highest BCUT2D eigenvalue weighted by Gasteiger charge is 2.42. The number of rotatable bonds is 5. The van der Waals surface area contributed by atoms with Gasteiger partial charge in [-0.15, -0.1) is 0 Å². The number of hydrogen-bond donors (Lipinski definition) is 0. The predicted octanol–water partition coefficient (Wildman–Crippen LogP) is 7.18. The van der Waals surface area contributed by atoms with Gasteiger partial charge in [0.25, 0.3) is 0 Å². The zero-order valence-corrected chi connectivity index (χ0v) is 19.0. The van der Waals surface area contributed by atoms with Crippen molar-refractivity contribution in [1.82, 2.24) is 0 Å². The molecule has 38 heavy (non-hydrogen) atoms. The third-order valence-electron chi connectivity index (χ3n) is 5.89. The number of hydrogen-bond acceptors (Lipinski definition) is 4. The molecule has 1 heterocycles. The molecule has 3 aromatic rings. The molecule has 1 aliphatic heterocycles. The lowest BCUT2D eigenvalue weighted by Gasteiger charge is -2.26. The van der Waals surface area contributed by atoms with Gasteiger partial charge in [-0.3, -0.25) is 0 Å². The lowest BCUT2D eigenvalue weighted by atomic mass is 9.93. The van der Waals surface area contributed by atoms with Crippen molar-refractivity contribution in [2.45, 2.75) is 25.1 Å². The molecule has 3 aromatic carbocycles. The van der Waals surface area contributed by atoms with Crippen LogP contribution >= 0.6 is 0 Å². The highest BCUT2D eigenvalue weighted by atomic mass is 19.3. The second kappa shape index (κ2) is 10.3. The third-order valence-corrected chi connectivity index (χ3v) is 5.89. The summed E-state index contributed by atoms with van der Waals surface area (Å²) in [5.74, 6) is -11.0. The third kappa shape index (κ3) is 5.13. The average molecular weight is 538 g/mol. The van der Waals surface area contributed by atoms with E-state index in [-0.39, 0.29) is 42.4 Å². The van der Waals surface area contributed by atoms with E-state index in [1.54, 1.807) is 0 Å². The van der Waals surface area contributed by atoms with Gasteiger partial charge in [-0.05, 0) is 48.2 Å². The first-order valence-corrected chi connectivity index (χ1v) is 10.9. The Bertz CT molecular complexity index is 1420. The van der Waals surface area contributed by atoms with Gasteiger partial charge in [0.15, 0.2) is 0 Å². The van der Waals surface area contributed by atoms with E-state index in [0.29, 0.717) is 12.8 Å². The van der Waals surface area contributed by atoms with Crippen molar-refractivity contribution >= 4 is 0 Å². The van der Waals surface area contributed by atoms with Crippen molar-refractivity contribution in [2.75, 3.05) is 6.61 Å². The van der Waals surface area contributed by atoms with Crippen molar-refractivity contribution < 1.29 is 44.6 Å². The molecule has 0 radical (unpaired) electrons. The molecule has 196 valence electrons. The van der Waals surface area contributed by atoms with Crippen LogP contribution in [-0.4, -0.2) is 6.61 Å². The summed E-state index contributed by atoms with van der Waals surface area (Å²) >= 11 is 0. The molecule has 0 aromatic heterocycles. The maximum atomic E-state index is 14.9. The molecule has 2 unspecified atom stereocenters. The first kappa shape index (κ1) is 26.9. The van der Waals surface area contributed by atoms with Gasteiger partial charge in [0.05, 0.1) is 30.3 Å². The van der Waals surface area contributed by atoms with Crippen LogP contribution in [0.4, 0.5) is 35.1 Å². The highest BCUT2D eigenvalue weighted by molar-refractivity contribution is 5.66. The molecule has 0 saturated carbocycles. The molecule has 4 rings (SSSR count). The smallest absolute Gasteiger partial charge is 0.429 e. The molecule has 4 nitrogen and oxygen atoms in total. The van der Waals surface area contributed by atoms with E-state index in [1.165, 1.54) is 6.07 Å². The molecule has 0 aliphatic carbocycles. The van der Waals surface area contributed by atoms with E-state index < -0.39 is 75.1 Å². The van der Waals surface area contributed by atoms with Crippen LogP contribution in [0.1, 0.15) is 35.6 Å². The van der Waals surface area contributed by atoms with Crippen molar-refractivity contribution in [3.63, 3.8) is 0 Å². The Balaban J connectivity index is 1.65. The van der Waals surface area contributed by atoms with E-state index in [0.717, 1.165) is 12.1 Å². The second-order valence-corrected chi connectivity index (χ2v) is 8.39. The highest BCUT2D eigenvalue weighted by Crippen LogP contribution is 2.39. The van der Waals surface area contributed by atoms with Crippen LogP contribution in [0.25, 0.3) is 11.1 Å². The van der Waals surface area contributed by atoms with Crippen LogP contribution in [0.5, 0.6) is 5.75 Å². The summed E-state index contributed by atoms with van der Waals surface area (Å²) < 4.78 is 125. The number of alkyl halides is 2. The van der Waals surface area contributed by atoms with E-state index in [9.17, 15) is 35.1 Å². The molecule has 12 heteroatoms. The monoisotopic (exact) mass is 538 g/mol. The fourth-order valence-electron chi connectivity index (χ4n) is 4.08. The number of nitrogens with zero attached hydrogens (tertiary/aromatic N) is 2. The Labute approximate surface area is 210 Å². The van der Waals surface area contributed by atoms with Crippen LogP contribution < -0.4 is 4.74 Å². The number of nitriles is 2. The summed E-state index contributed by atoms with van der Waals surface area (Å²) in [6.45, 7) is 0.0576. The van der Waals surface area contributed by atoms with Crippen molar-refractivity contribution in [3.05, 3.63) is 88.0 Å². The molecule has 2 atom stereocenters. The van der Waals surface area contributed by atoms with Crippen LogP contribution in [0.15, 0.2) is 36.4 Å². The number of benzene rings is 3. The van der Waals surface area contributed by atoms with Gasteiger partial charge in [-0.2, -0.15) is 19.3 Å². The van der Waals surface area contributed by atoms with E-state index in [2.05, 4.69) is 4.74 Å². The Hall–Kier alpha value is -4.16. The Kier molecular flexibility index (Phi) is 7.29. The van der Waals surface area contributed by atoms with Gasteiger partial charge in [-0.1, -0.05) is 0 Å². The van der Waals surface area contributed by atoms with E-state index >= 15 is 0 Å². The van der Waals surface area contributed by atoms with E-state index in [1.807, 2.05) is 6.07 Å². The van der Waals surface area contributed by atoms with Gasteiger partial charge in [-0.25, -0.2) is 26.3 Å². The summed E-state index contributed by atoms with van der Waals surface area (Å²) in [4.78, 5) is 0. The predicted molar refractivity (Wildman–Crippen MR) is 114 cm³/mol. The second-order valence-electron chi connectivity index (χ2n) is 8.39. The maximum Gasteiger partial charge on any atom is 0.432 e. The molecule has 1 fully saturated rings. The lowest BCUT2D eigenvalue weighted by molar-refractivity contribution is -0.189. The summed E-state index contributed by atoms with van der Waals surface area (Å²) in [6.07, 6.45) is -4.81. The minimum atomic E-state index is -4.82. The minimum Gasteiger partial charge on any atom is -0.429 e. The quantitative estimate of drug-likeness (QED) is 0.323. The SMILES string of the molecule is N#Cc1c(F)cc(OC(F)(F)c2c(F)cc(-c3c(F)cc(C4CCC(C#N)CO4)cc3F)cc2F)cc1F. The van der Waals surface area contributed by atoms with E-state index in [4.69, 9.17) is 15.3 Å². The first-order chi connectivity index (χ1) is 17.9. The van der Waals surface area contributed by atoms with Crippen LogP contribution in [0.3, 0.4) is 0 Å². The van der Waals surface area contributed by atoms with Gasteiger partial charge >= 0.3 is 6.11 Å². The zero-order valence-electron chi connectivity index (χ0n) is 19.0. The molecule has 1 aliphatic rings. The summed E-state index contributed by atoms with van der Waals surface area (Å²) in [7, 11) is 0. The first-order valence-electron chi connectivity index (χ1n) is 10.9. The molecule has 1 saturated heterocycles. The zero-order chi connectivity index (χ0) is 27.8. The minimum absolute atomic E-state index is 0.0576. The number of halogens is 8. The van der Waals surface area contributed by atoms with Crippen LogP contribution in [0, 0.1) is 63.5 Å². The summed E-state index contributed by atoms with van der Waals surface area (Å²) in [5, 5.41) is 17.6. The van der Waals surface area contributed by atoms with Gasteiger partial charge < -0.3 is 9.47 Å². The molecular weight excluding hydrogens is 524 g/mol. The van der Waals surface area contributed by atoms with Gasteiger partial charge in [0.2, 0.25) is 0 Å². The van der Waals surface area contributed by atoms with Gasteiger partial charge in [0, 0.05) is 12.1 Å². The molecule has 0 amide bonds. The van der Waals surface area contributed by atoms with Crippen molar-refractivity contribution in [1.29, 1.82) is 10.5 Å². The normalized spacial score (nSPS) is 17.5. The Morgan fingerprint density at radius 1 is 0.789 bits per heavy atom. The van der Waals surface area contributed by atoms with Crippen molar-refractivity contribution in [3.8, 4) is 29.0 Å². The largest absolute Gasteiger partial charge is 0.432 e. The van der Waals surface area contributed by atoms with Crippen molar-refractivity contribution in [2.24, 2.45) is 5.92 Å². The maximum absolute atomic E-state index is 14.9. The molecule has 0 bridgehead atoms. The number of ether oxygens (including phenoxy) is 2. The van der Waals surface area contributed by atoms with Crippen LogP contribution in [-0.2, 0) is 10.8 Å². The summed E-state index contributed by atoms with van der Waals surface area (Å²) in [6, 6.07) is 5.91. The summed E-state index contributed by atoms with van der Waals surface area (Å²) in [5.41, 5.74) is -4.63. The molecule has 0 N–H and O–H groups in total. The fraction of sp³-hybridized carbons (Fsp3) is 0.231.